The Morgan fingerprint density at radius 3 is 2.60 bits per heavy atom. The van der Waals surface area contributed by atoms with Crippen LogP contribution in [0.2, 0.25) is 0 Å². The number of hydrogen-bond donors (Lipinski definition) is 1. The first-order valence-electron chi connectivity index (χ1n) is 8.19. The number of rotatable bonds is 6. The summed E-state index contributed by atoms with van der Waals surface area (Å²) in [5.74, 6) is 0.160. The fourth-order valence-corrected chi connectivity index (χ4v) is 2.60. The van der Waals surface area contributed by atoms with Gasteiger partial charge in [0.05, 0.1) is 0 Å². The van der Waals surface area contributed by atoms with Gasteiger partial charge in [-0.3, -0.25) is 4.79 Å². The van der Waals surface area contributed by atoms with E-state index in [1.165, 1.54) is 6.07 Å². The number of halogens is 1. The minimum atomic E-state index is -0.230. The fourth-order valence-electron chi connectivity index (χ4n) is 2.60. The highest BCUT2D eigenvalue weighted by atomic mass is 19.1. The lowest BCUT2D eigenvalue weighted by Crippen LogP contribution is -2.25. The first-order chi connectivity index (χ1) is 12.1. The molecule has 3 aromatic rings. The largest absolute Gasteiger partial charge is 0.361 e. The van der Waals surface area contributed by atoms with Gasteiger partial charge in [-0.1, -0.05) is 47.6 Å². The number of benzene rings is 2. The van der Waals surface area contributed by atoms with Crippen LogP contribution in [0.4, 0.5) is 4.39 Å². The topological polar surface area (TPSA) is 55.1 Å². The van der Waals surface area contributed by atoms with Gasteiger partial charge in [-0.2, -0.15) is 0 Å². The van der Waals surface area contributed by atoms with Crippen molar-refractivity contribution in [1.29, 1.82) is 0 Å². The Bertz CT molecular complexity index is 856. The lowest BCUT2D eigenvalue weighted by atomic mass is 10.0. The predicted octanol–water partition coefficient (Wildman–Crippen LogP) is 4.15. The molecule has 0 unspecified atom stereocenters. The van der Waals surface area contributed by atoms with Gasteiger partial charge in [-0.15, -0.1) is 0 Å². The predicted molar refractivity (Wildman–Crippen MR) is 93.7 cm³/mol. The molecule has 2 aromatic carbocycles. The molecule has 1 heterocycles. The van der Waals surface area contributed by atoms with Crippen LogP contribution in [0.25, 0.3) is 11.1 Å². The maximum atomic E-state index is 13.8. The highest BCUT2D eigenvalue weighted by molar-refractivity contribution is 5.92. The molecule has 1 aromatic heterocycles. The van der Waals surface area contributed by atoms with Crippen LogP contribution < -0.4 is 5.32 Å². The standard InChI is InChI=1S/C20H19FN2O2/c1-14-13-19(23-25-14)20(24)22-12-4-5-15-8-10-16(11-9-15)17-6-2-3-7-18(17)21/h2-3,6-11,13H,4-5,12H2,1H3,(H,22,24). The number of aryl methyl sites for hydroxylation is 2. The summed E-state index contributed by atoms with van der Waals surface area (Å²) in [5, 5.41) is 6.50. The van der Waals surface area contributed by atoms with E-state index >= 15 is 0 Å². The van der Waals surface area contributed by atoms with E-state index in [-0.39, 0.29) is 11.7 Å². The van der Waals surface area contributed by atoms with Crippen LogP contribution in [0.1, 0.15) is 28.2 Å². The molecular formula is C20H19FN2O2. The molecule has 0 saturated heterocycles. The monoisotopic (exact) mass is 338 g/mol. The van der Waals surface area contributed by atoms with E-state index in [2.05, 4.69) is 10.5 Å². The Morgan fingerprint density at radius 2 is 1.92 bits per heavy atom. The average Bonchev–Trinajstić information content (AvgIpc) is 3.06. The molecule has 0 fully saturated rings. The summed E-state index contributed by atoms with van der Waals surface area (Å²) in [6.45, 7) is 2.30. The van der Waals surface area contributed by atoms with Gasteiger partial charge < -0.3 is 9.84 Å². The van der Waals surface area contributed by atoms with Crippen molar-refractivity contribution in [3.63, 3.8) is 0 Å². The van der Waals surface area contributed by atoms with Crippen molar-refractivity contribution in [3.8, 4) is 11.1 Å². The SMILES string of the molecule is Cc1cc(C(=O)NCCCc2ccc(-c3ccccc3F)cc2)no1. The summed E-state index contributed by atoms with van der Waals surface area (Å²) < 4.78 is 18.7. The van der Waals surface area contributed by atoms with Crippen molar-refractivity contribution in [1.82, 2.24) is 10.5 Å². The number of aromatic nitrogens is 1. The van der Waals surface area contributed by atoms with Crippen LogP contribution in [-0.4, -0.2) is 17.6 Å². The number of carbonyl (C=O) groups excluding carboxylic acids is 1. The Morgan fingerprint density at radius 1 is 1.16 bits per heavy atom. The van der Waals surface area contributed by atoms with Crippen LogP contribution >= 0.6 is 0 Å². The van der Waals surface area contributed by atoms with Crippen LogP contribution in [0.15, 0.2) is 59.1 Å². The molecular weight excluding hydrogens is 319 g/mol. The molecule has 0 aliphatic carbocycles. The molecule has 0 aliphatic heterocycles. The van der Waals surface area contributed by atoms with Gasteiger partial charge in [0, 0.05) is 18.2 Å². The Labute approximate surface area is 145 Å². The smallest absolute Gasteiger partial charge is 0.273 e. The van der Waals surface area contributed by atoms with Gasteiger partial charge in [0.25, 0.3) is 5.91 Å². The molecule has 128 valence electrons. The van der Waals surface area contributed by atoms with Crippen LogP contribution in [0, 0.1) is 12.7 Å². The van der Waals surface area contributed by atoms with Gasteiger partial charge >= 0.3 is 0 Å². The van der Waals surface area contributed by atoms with E-state index in [1.54, 1.807) is 25.1 Å². The second-order valence-electron chi connectivity index (χ2n) is 5.86. The number of hydrogen-bond acceptors (Lipinski definition) is 3. The Hall–Kier alpha value is -2.95. The van der Waals surface area contributed by atoms with E-state index < -0.39 is 0 Å². The summed E-state index contributed by atoms with van der Waals surface area (Å²) in [6, 6.07) is 16.2. The van der Waals surface area contributed by atoms with E-state index in [0.717, 1.165) is 24.0 Å². The molecule has 0 atom stereocenters. The second-order valence-corrected chi connectivity index (χ2v) is 5.86. The van der Waals surface area contributed by atoms with Crippen LogP contribution in [0.5, 0.6) is 0 Å². The lowest BCUT2D eigenvalue weighted by molar-refractivity contribution is 0.0944. The maximum absolute atomic E-state index is 13.8. The fraction of sp³-hybridized carbons (Fsp3) is 0.200. The van der Waals surface area contributed by atoms with E-state index in [4.69, 9.17) is 4.52 Å². The summed E-state index contributed by atoms with van der Waals surface area (Å²) in [7, 11) is 0. The summed E-state index contributed by atoms with van der Waals surface area (Å²) >= 11 is 0. The third kappa shape index (κ3) is 4.32. The van der Waals surface area contributed by atoms with E-state index in [1.807, 2.05) is 30.3 Å². The number of amides is 1. The normalized spacial score (nSPS) is 10.6. The minimum absolute atomic E-state index is 0.221. The van der Waals surface area contributed by atoms with Gasteiger partial charge in [0.2, 0.25) is 0 Å². The third-order valence-corrected chi connectivity index (χ3v) is 3.93. The average molecular weight is 338 g/mol. The van der Waals surface area contributed by atoms with Gasteiger partial charge in [0.15, 0.2) is 5.69 Å². The van der Waals surface area contributed by atoms with Crippen molar-refractivity contribution >= 4 is 5.91 Å². The van der Waals surface area contributed by atoms with Gasteiger partial charge in [-0.25, -0.2) is 4.39 Å². The zero-order valence-electron chi connectivity index (χ0n) is 14.0. The van der Waals surface area contributed by atoms with E-state index in [0.29, 0.717) is 23.6 Å². The number of carbonyl (C=O) groups is 1. The van der Waals surface area contributed by atoms with Gasteiger partial charge in [0.1, 0.15) is 11.6 Å². The molecule has 4 nitrogen and oxygen atoms in total. The maximum Gasteiger partial charge on any atom is 0.273 e. The first-order valence-corrected chi connectivity index (χ1v) is 8.19. The van der Waals surface area contributed by atoms with Gasteiger partial charge in [-0.05, 0) is 37.0 Å². The third-order valence-electron chi connectivity index (χ3n) is 3.93. The molecule has 1 N–H and O–H groups in total. The van der Waals surface area contributed by atoms with Crippen molar-refractivity contribution in [2.24, 2.45) is 0 Å². The highest BCUT2D eigenvalue weighted by Crippen LogP contribution is 2.23. The molecule has 25 heavy (non-hydrogen) atoms. The Kier molecular flexibility index (Phi) is 5.23. The summed E-state index contributed by atoms with van der Waals surface area (Å²) in [5.41, 5.74) is 2.90. The van der Waals surface area contributed by atoms with Crippen molar-refractivity contribution in [2.75, 3.05) is 6.54 Å². The van der Waals surface area contributed by atoms with Crippen LogP contribution in [-0.2, 0) is 6.42 Å². The molecule has 0 bridgehead atoms. The molecule has 0 aliphatic rings. The number of nitrogens with zero attached hydrogens (tertiary/aromatic N) is 1. The second kappa shape index (κ2) is 7.75. The first kappa shape index (κ1) is 16.9. The van der Waals surface area contributed by atoms with Crippen molar-refractivity contribution in [3.05, 3.63) is 77.4 Å². The highest BCUT2D eigenvalue weighted by Gasteiger charge is 2.09. The lowest BCUT2D eigenvalue weighted by Gasteiger charge is -2.06. The number of nitrogens with one attached hydrogen (secondary N) is 1. The van der Waals surface area contributed by atoms with Crippen molar-refractivity contribution < 1.29 is 13.7 Å². The van der Waals surface area contributed by atoms with E-state index in [9.17, 15) is 9.18 Å². The molecule has 0 saturated carbocycles. The molecule has 3 rings (SSSR count). The zero-order valence-corrected chi connectivity index (χ0v) is 14.0. The van der Waals surface area contributed by atoms with Crippen molar-refractivity contribution in [2.45, 2.75) is 19.8 Å². The minimum Gasteiger partial charge on any atom is -0.361 e. The molecule has 0 radical (unpaired) electrons. The zero-order chi connectivity index (χ0) is 17.6. The summed E-state index contributed by atoms with van der Waals surface area (Å²) in [6.07, 6.45) is 1.64. The van der Waals surface area contributed by atoms with Crippen LogP contribution in [0.3, 0.4) is 0 Å². The Balaban J connectivity index is 1.49. The summed E-state index contributed by atoms with van der Waals surface area (Å²) in [4.78, 5) is 11.8. The molecule has 5 heteroatoms. The molecule has 0 spiro atoms. The molecule has 1 amide bonds. The quantitative estimate of drug-likeness (QED) is 0.687.